The minimum absolute atomic E-state index is 0.157. The molecule has 1 unspecified atom stereocenters. The first-order chi connectivity index (χ1) is 9.97. The second kappa shape index (κ2) is 7.19. The van der Waals surface area contributed by atoms with Gasteiger partial charge in [-0.05, 0) is 24.4 Å². The first-order valence-electron chi connectivity index (χ1n) is 7.67. The number of nitrogens with one attached hydrogen (secondary N) is 1. The van der Waals surface area contributed by atoms with Crippen molar-refractivity contribution in [2.24, 2.45) is 0 Å². The van der Waals surface area contributed by atoms with Gasteiger partial charge in [-0.25, -0.2) is 4.98 Å². The molecule has 3 heteroatoms. The van der Waals surface area contributed by atoms with E-state index in [0.29, 0.717) is 5.92 Å². The van der Waals surface area contributed by atoms with Crippen LogP contribution in [0.5, 0.6) is 0 Å². The van der Waals surface area contributed by atoms with Crippen LogP contribution in [0, 0.1) is 0 Å². The molecular weight excluding hydrogens is 276 g/mol. The van der Waals surface area contributed by atoms with Crippen molar-refractivity contribution in [2.75, 3.05) is 6.54 Å². The van der Waals surface area contributed by atoms with E-state index < -0.39 is 0 Å². The first kappa shape index (κ1) is 16.2. The van der Waals surface area contributed by atoms with E-state index in [1.54, 1.807) is 0 Å². The summed E-state index contributed by atoms with van der Waals surface area (Å²) in [6.07, 6.45) is 3.17. The molecule has 1 heterocycles. The lowest BCUT2D eigenvalue weighted by Crippen LogP contribution is -2.15. The molecule has 0 saturated carbocycles. The van der Waals surface area contributed by atoms with Crippen LogP contribution in [0.15, 0.2) is 36.5 Å². The van der Waals surface area contributed by atoms with Crippen LogP contribution in [-0.4, -0.2) is 11.5 Å². The fourth-order valence-corrected chi connectivity index (χ4v) is 3.15. The topological polar surface area (TPSA) is 24.9 Å². The fraction of sp³-hybridized carbons (Fsp3) is 0.500. The molecule has 1 atom stereocenters. The van der Waals surface area contributed by atoms with E-state index in [1.807, 2.05) is 17.5 Å². The van der Waals surface area contributed by atoms with Crippen LogP contribution in [-0.2, 0) is 12.0 Å². The molecular formula is C18H26N2S. The van der Waals surface area contributed by atoms with Crippen LogP contribution in [0.1, 0.15) is 55.5 Å². The Balaban J connectivity index is 1.74. The van der Waals surface area contributed by atoms with Gasteiger partial charge in [0.2, 0.25) is 0 Å². The van der Waals surface area contributed by atoms with Crippen LogP contribution in [0.2, 0.25) is 0 Å². The minimum atomic E-state index is 0.157. The summed E-state index contributed by atoms with van der Waals surface area (Å²) in [5.74, 6) is 0.602. The van der Waals surface area contributed by atoms with E-state index in [4.69, 9.17) is 0 Å². The second-order valence-electron chi connectivity index (χ2n) is 6.66. The van der Waals surface area contributed by atoms with E-state index in [0.717, 1.165) is 19.5 Å². The summed E-state index contributed by atoms with van der Waals surface area (Å²) in [6.45, 7) is 10.9. The maximum absolute atomic E-state index is 4.53. The Morgan fingerprint density at radius 1 is 1.19 bits per heavy atom. The van der Waals surface area contributed by atoms with Crippen LogP contribution in [0.4, 0.5) is 0 Å². The van der Waals surface area contributed by atoms with Crippen molar-refractivity contribution in [1.29, 1.82) is 0 Å². The maximum Gasteiger partial charge on any atom is 0.0981 e. The van der Waals surface area contributed by atoms with E-state index in [1.165, 1.54) is 15.4 Å². The number of thiazole rings is 1. The van der Waals surface area contributed by atoms with Crippen LogP contribution in [0.25, 0.3) is 0 Å². The summed E-state index contributed by atoms with van der Waals surface area (Å²) >= 11 is 1.82. The zero-order chi connectivity index (χ0) is 15.3. The highest BCUT2D eigenvalue weighted by atomic mass is 32.1. The van der Waals surface area contributed by atoms with Crippen LogP contribution >= 0.6 is 11.3 Å². The third-order valence-electron chi connectivity index (χ3n) is 3.62. The molecule has 0 spiro atoms. The zero-order valence-corrected chi connectivity index (χ0v) is 14.3. The van der Waals surface area contributed by atoms with Gasteiger partial charge < -0.3 is 5.32 Å². The average molecular weight is 302 g/mol. The summed E-state index contributed by atoms with van der Waals surface area (Å²) in [5, 5.41) is 4.76. The third-order valence-corrected chi connectivity index (χ3v) is 5.04. The zero-order valence-electron chi connectivity index (χ0n) is 13.5. The maximum atomic E-state index is 4.53. The molecule has 0 fully saturated rings. The van der Waals surface area contributed by atoms with Gasteiger partial charge in [-0.15, -0.1) is 11.3 Å². The molecule has 0 aliphatic carbocycles. The molecule has 2 nitrogen and oxygen atoms in total. The number of aromatic nitrogens is 1. The molecule has 0 radical (unpaired) electrons. The first-order valence-corrected chi connectivity index (χ1v) is 8.49. The predicted molar refractivity (Wildman–Crippen MR) is 92.0 cm³/mol. The largest absolute Gasteiger partial charge is 0.312 e. The van der Waals surface area contributed by atoms with Crippen molar-refractivity contribution in [3.63, 3.8) is 0 Å². The number of nitrogens with zero attached hydrogens (tertiary/aromatic N) is 1. The lowest BCUT2D eigenvalue weighted by Gasteiger charge is -2.13. The number of hydrogen-bond donors (Lipinski definition) is 1. The van der Waals surface area contributed by atoms with E-state index >= 15 is 0 Å². The Kier molecular flexibility index (Phi) is 5.54. The summed E-state index contributed by atoms with van der Waals surface area (Å²) in [5.41, 5.74) is 1.58. The van der Waals surface area contributed by atoms with Gasteiger partial charge in [-0.3, -0.25) is 0 Å². The normalized spacial score (nSPS) is 13.3. The lowest BCUT2D eigenvalue weighted by atomic mass is 9.98. The van der Waals surface area contributed by atoms with Crippen molar-refractivity contribution in [3.8, 4) is 0 Å². The highest BCUT2D eigenvalue weighted by molar-refractivity contribution is 7.11. The van der Waals surface area contributed by atoms with Gasteiger partial charge in [0, 0.05) is 23.0 Å². The third kappa shape index (κ3) is 4.94. The highest BCUT2D eigenvalue weighted by Gasteiger charge is 2.17. The lowest BCUT2D eigenvalue weighted by molar-refractivity contribution is 0.585. The molecule has 0 aliphatic heterocycles. The molecule has 21 heavy (non-hydrogen) atoms. The Bertz CT molecular complexity index is 540. The second-order valence-corrected chi connectivity index (χ2v) is 7.77. The van der Waals surface area contributed by atoms with Crippen molar-refractivity contribution < 1.29 is 0 Å². The van der Waals surface area contributed by atoms with E-state index in [2.05, 4.69) is 68.3 Å². The fourth-order valence-electron chi connectivity index (χ4n) is 2.21. The Morgan fingerprint density at radius 3 is 2.52 bits per heavy atom. The molecule has 114 valence electrons. The molecule has 0 amide bonds. The SMILES string of the molecule is CC(CCNCc1cnc(C(C)(C)C)s1)c1ccccc1. The quantitative estimate of drug-likeness (QED) is 0.781. The van der Waals surface area contributed by atoms with Gasteiger partial charge in [0.25, 0.3) is 0 Å². The summed E-state index contributed by atoms with van der Waals surface area (Å²) in [6, 6.07) is 10.7. The molecule has 1 aromatic carbocycles. The van der Waals surface area contributed by atoms with Gasteiger partial charge in [0.05, 0.1) is 5.01 Å². The molecule has 1 aromatic heterocycles. The van der Waals surface area contributed by atoms with Crippen LogP contribution < -0.4 is 5.32 Å². The highest BCUT2D eigenvalue weighted by Crippen LogP contribution is 2.26. The standard InChI is InChI=1S/C18H26N2S/c1-14(15-8-6-5-7-9-15)10-11-19-12-16-13-20-17(21-16)18(2,3)4/h5-9,13-14,19H,10-12H2,1-4H3. The minimum Gasteiger partial charge on any atom is -0.312 e. The smallest absolute Gasteiger partial charge is 0.0981 e. The molecule has 0 bridgehead atoms. The summed E-state index contributed by atoms with van der Waals surface area (Å²) in [7, 11) is 0. The van der Waals surface area contributed by atoms with Crippen LogP contribution in [0.3, 0.4) is 0 Å². The Morgan fingerprint density at radius 2 is 1.90 bits per heavy atom. The van der Waals surface area contributed by atoms with Gasteiger partial charge in [0.15, 0.2) is 0 Å². The monoisotopic (exact) mass is 302 g/mol. The van der Waals surface area contributed by atoms with Crippen molar-refractivity contribution >= 4 is 11.3 Å². The van der Waals surface area contributed by atoms with Crippen molar-refractivity contribution in [2.45, 2.75) is 52.0 Å². The predicted octanol–water partition coefficient (Wildman–Crippen LogP) is 4.72. The number of rotatable bonds is 6. The molecule has 0 saturated heterocycles. The summed E-state index contributed by atoms with van der Waals surface area (Å²) < 4.78 is 0. The molecule has 1 N–H and O–H groups in total. The molecule has 0 aliphatic rings. The van der Waals surface area contributed by atoms with Gasteiger partial charge in [-0.1, -0.05) is 58.0 Å². The average Bonchev–Trinajstić information content (AvgIpc) is 2.93. The molecule has 2 rings (SSSR count). The number of hydrogen-bond acceptors (Lipinski definition) is 3. The van der Waals surface area contributed by atoms with Gasteiger partial charge >= 0.3 is 0 Å². The van der Waals surface area contributed by atoms with Gasteiger partial charge in [0.1, 0.15) is 0 Å². The Labute approximate surface area is 132 Å². The van der Waals surface area contributed by atoms with Gasteiger partial charge in [-0.2, -0.15) is 0 Å². The molecule has 2 aromatic rings. The van der Waals surface area contributed by atoms with Crippen molar-refractivity contribution in [1.82, 2.24) is 10.3 Å². The van der Waals surface area contributed by atoms with Crippen molar-refractivity contribution in [3.05, 3.63) is 52.0 Å². The van der Waals surface area contributed by atoms with E-state index in [9.17, 15) is 0 Å². The Hall–Kier alpha value is -1.19. The number of benzene rings is 1. The van der Waals surface area contributed by atoms with E-state index in [-0.39, 0.29) is 5.41 Å². The summed E-state index contributed by atoms with van der Waals surface area (Å²) in [4.78, 5) is 5.85.